The van der Waals surface area contributed by atoms with Crippen LogP contribution in [0.2, 0.25) is 0 Å². The second-order valence-corrected chi connectivity index (χ2v) is 11.5. The van der Waals surface area contributed by atoms with Crippen molar-refractivity contribution >= 4 is 55.7 Å². The molecule has 13 heteroatoms. The molecular formula is C25H18FN5O4S3. The molecule has 0 atom stereocenters. The molecule has 9 nitrogen and oxygen atoms in total. The highest BCUT2D eigenvalue weighted by atomic mass is 32.2. The molecule has 0 bridgehead atoms. The minimum Gasteiger partial charge on any atom is -0.325 e. The lowest BCUT2D eigenvalue weighted by Crippen LogP contribution is -2.16. The van der Waals surface area contributed by atoms with Gasteiger partial charge in [0.2, 0.25) is 15.9 Å². The van der Waals surface area contributed by atoms with E-state index in [1.807, 2.05) is 17.5 Å². The van der Waals surface area contributed by atoms with Crippen LogP contribution < -0.4 is 16.0 Å². The molecule has 0 radical (unpaired) electrons. The third-order valence-corrected chi connectivity index (χ3v) is 8.09. The molecule has 0 saturated heterocycles. The highest BCUT2D eigenvalue weighted by Gasteiger charge is 2.17. The van der Waals surface area contributed by atoms with Gasteiger partial charge in [-0.2, -0.15) is 0 Å². The molecule has 0 aliphatic rings. The summed E-state index contributed by atoms with van der Waals surface area (Å²) in [5.74, 6) is -0.853. The fourth-order valence-electron chi connectivity index (χ4n) is 3.64. The first-order valence-corrected chi connectivity index (χ1v) is 14.4. The summed E-state index contributed by atoms with van der Waals surface area (Å²) in [5, 5.41) is 10.1. The number of thioether (sulfide) groups is 1. The summed E-state index contributed by atoms with van der Waals surface area (Å²) >= 11 is 2.47. The molecule has 192 valence electrons. The van der Waals surface area contributed by atoms with Gasteiger partial charge in [0.1, 0.15) is 5.82 Å². The summed E-state index contributed by atoms with van der Waals surface area (Å²) < 4.78 is 36.2. The zero-order chi connectivity index (χ0) is 26.9. The average molecular weight is 568 g/mol. The summed E-state index contributed by atoms with van der Waals surface area (Å²) in [7, 11) is -3.84. The Bertz CT molecular complexity index is 1810. The predicted molar refractivity (Wildman–Crippen MR) is 146 cm³/mol. The number of benzene rings is 2. The van der Waals surface area contributed by atoms with Crippen molar-refractivity contribution < 1.29 is 17.6 Å². The molecule has 3 heterocycles. The third-order valence-electron chi connectivity index (χ3n) is 5.39. The Balaban J connectivity index is 1.43. The van der Waals surface area contributed by atoms with E-state index >= 15 is 0 Å². The van der Waals surface area contributed by atoms with Gasteiger partial charge in [-0.25, -0.2) is 27.9 Å². The Morgan fingerprint density at radius 3 is 2.47 bits per heavy atom. The number of nitrogens with two attached hydrogens (primary N) is 1. The number of aromatic amines is 1. The molecular weight excluding hydrogens is 550 g/mol. The number of hydrogen-bond donors (Lipinski definition) is 3. The van der Waals surface area contributed by atoms with Gasteiger partial charge in [0.25, 0.3) is 5.56 Å². The summed E-state index contributed by atoms with van der Waals surface area (Å²) in [6.45, 7) is 0. The number of rotatable bonds is 7. The fourth-order valence-corrected chi connectivity index (χ4v) is 5.56. The van der Waals surface area contributed by atoms with E-state index in [2.05, 4.69) is 20.3 Å². The topological polar surface area (TPSA) is 148 Å². The molecule has 0 unspecified atom stereocenters. The molecule has 4 N–H and O–H groups in total. The normalized spacial score (nSPS) is 11.5. The smallest absolute Gasteiger partial charge is 0.261 e. The Kier molecular flexibility index (Phi) is 7.08. The van der Waals surface area contributed by atoms with E-state index < -0.39 is 21.5 Å². The van der Waals surface area contributed by atoms with Crippen molar-refractivity contribution in [2.45, 2.75) is 10.1 Å². The highest BCUT2D eigenvalue weighted by Crippen LogP contribution is 2.33. The molecule has 0 spiro atoms. The standard InChI is InChI=1S/C25H18FN5O4S3/c26-15-5-3-14(4-6-15)19-12-18(20-2-1-11-36-20)22-23(29-19)30-25(31-24(22)33)37-13-21(32)28-16-7-9-17(10-8-16)38(27,34)35/h1-12H,13H2,(H,28,32)(H2,27,34,35)(H,29,30,31,33). The van der Waals surface area contributed by atoms with Gasteiger partial charge in [0.15, 0.2) is 10.8 Å². The van der Waals surface area contributed by atoms with Crippen molar-refractivity contribution in [2.75, 3.05) is 11.1 Å². The molecule has 0 aliphatic carbocycles. The molecule has 2 aromatic carbocycles. The Morgan fingerprint density at radius 1 is 1.08 bits per heavy atom. The van der Waals surface area contributed by atoms with Crippen molar-refractivity contribution in [3.63, 3.8) is 0 Å². The van der Waals surface area contributed by atoms with Crippen molar-refractivity contribution in [3.8, 4) is 21.7 Å². The molecule has 3 aromatic heterocycles. The predicted octanol–water partition coefficient (Wildman–Crippen LogP) is 4.23. The van der Waals surface area contributed by atoms with Gasteiger partial charge in [0.05, 0.1) is 21.7 Å². The average Bonchev–Trinajstić information content (AvgIpc) is 3.42. The van der Waals surface area contributed by atoms with Crippen LogP contribution in [0.4, 0.5) is 10.1 Å². The number of sulfonamides is 1. The highest BCUT2D eigenvalue weighted by molar-refractivity contribution is 7.99. The minimum atomic E-state index is -3.84. The van der Waals surface area contributed by atoms with Crippen molar-refractivity contribution in [3.05, 3.63) is 88.3 Å². The first kappa shape index (κ1) is 25.7. The maximum absolute atomic E-state index is 13.5. The first-order valence-electron chi connectivity index (χ1n) is 11.0. The van der Waals surface area contributed by atoms with Gasteiger partial charge in [0, 0.05) is 21.7 Å². The number of thiophene rings is 1. The maximum atomic E-state index is 13.5. The van der Waals surface area contributed by atoms with Crippen molar-refractivity contribution in [1.29, 1.82) is 0 Å². The minimum absolute atomic E-state index is 0.0720. The molecule has 1 amide bonds. The van der Waals surface area contributed by atoms with Crippen LogP contribution in [-0.2, 0) is 14.8 Å². The lowest BCUT2D eigenvalue weighted by Gasteiger charge is -2.10. The number of nitrogens with one attached hydrogen (secondary N) is 2. The Morgan fingerprint density at radius 2 is 1.82 bits per heavy atom. The number of hydrogen-bond acceptors (Lipinski definition) is 8. The number of primary sulfonamides is 1. The van der Waals surface area contributed by atoms with E-state index in [4.69, 9.17) is 5.14 Å². The Labute approximate surface area is 224 Å². The molecule has 5 rings (SSSR count). The lowest BCUT2D eigenvalue weighted by molar-refractivity contribution is -0.113. The van der Waals surface area contributed by atoms with Crippen LogP contribution in [0, 0.1) is 5.82 Å². The van der Waals surface area contributed by atoms with Gasteiger partial charge in [-0.15, -0.1) is 11.3 Å². The van der Waals surface area contributed by atoms with E-state index in [1.54, 1.807) is 18.2 Å². The van der Waals surface area contributed by atoms with Gasteiger partial charge in [-0.05, 0) is 66.0 Å². The number of nitrogens with zero attached hydrogens (tertiary/aromatic N) is 2. The zero-order valence-corrected chi connectivity index (χ0v) is 21.8. The van der Waals surface area contributed by atoms with Crippen LogP contribution in [0.15, 0.2) is 87.0 Å². The summed E-state index contributed by atoms with van der Waals surface area (Å²) in [6.07, 6.45) is 0. The number of halogens is 1. The van der Waals surface area contributed by atoms with Crippen LogP contribution >= 0.6 is 23.1 Å². The number of H-pyrrole nitrogens is 1. The molecule has 5 aromatic rings. The monoisotopic (exact) mass is 567 g/mol. The number of fused-ring (bicyclic) bond motifs is 1. The fraction of sp³-hybridized carbons (Fsp3) is 0.0400. The number of amides is 1. The van der Waals surface area contributed by atoms with Gasteiger partial charge >= 0.3 is 0 Å². The number of aromatic nitrogens is 3. The summed E-state index contributed by atoms with van der Waals surface area (Å²) in [4.78, 5) is 38.1. The van der Waals surface area contributed by atoms with E-state index in [0.29, 0.717) is 27.9 Å². The van der Waals surface area contributed by atoms with Crippen LogP contribution in [-0.4, -0.2) is 35.0 Å². The van der Waals surface area contributed by atoms with Crippen LogP contribution in [0.1, 0.15) is 0 Å². The van der Waals surface area contributed by atoms with E-state index in [-0.39, 0.29) is 27.3 Å². The summed E-state index contributed by atoms with van der Waals surface area (Å²) in [5.41, 5.74) is 2.01. The third kappa shape index (κ3) is 5.65. The van der Waals surface area contributed by atoms with E-state index in [1.165, 1.54) is 47.7 Å². The maximum Gasteiger partial charge on any atom is 0.261 e. The number of pyridine rings is 1. The number of carbonyl (C=O) groups is 1. The zero-order valence-electron chi connectivity index (χ0n) is 19.3. The van der Waals surface area contributed by atoms with Gasteiger partial charge in [-0.1, -0.05) is 17.8 Å². The first-order chi connectivity index (χ1) is 18.2. The lowest BCUT2D eigenvalue weighted by atomic mass is 10.1. The van der Waals surface area contributed by atoms with Crippen LogP contribution in [0.5, 0.6) is 0 Å². The largest absolute Gasteiger partial charge is 0.325 e. The van der Waals surface area contributed by atoms with Crippen LogP contribution in [0.25, 0.3) is 32.7 Å². The number of carbonyl (C=O) groups excluding carboxylic acids is 1. The Hall–Kier alpha value is -3.91. The molecule has 38 heavy (non-hydrogen) atoms. The van der Waals surface area contributed by atoms with Gasteiger partial charge in [-0.3, -0.25) is 9.59 Å². The molecule has 0 saturated carbocycles. The van der Waals surface area contributed by atoms with Crippen molar-refractivity contribution in [2.24, 2.45) is 5.14 Å². The second-order valence-electron chi connectivity index (χ2n) is 8.02. The van der Waals surface area contributed by atoms with Gasteiger partial charge < -0.3 is 10.3 Å². The summed E-state index contributed by atoms with van der Waals surface area (Å²) in [6, 6.07) is 16.8. The van der Waals surface area contributed by atoms with E-state index in [0.717, 1.165) is 16.6 Å². The SMILES string of the molecule is NS(=O)(=O)c1ccc(NC(=O)CSc2nc3nc(-c4ccc(F)cc4)cc(-c4cccs4)c3c(=O)[nH]2)cc1. The second kappa shape index (κ2) is 10.5. The number of anilines is 1. The quantitative estimate of drug-likeness (QED) is 0.197. The van der Waals surface area contributed by atoms with Crippen LogP contribution in [0.3, 0.4) is 0 Å². The van der Waals surface area contributed by atoms with E-state index in [9.17, 15) is 22.4 Å². The molecule has 0 fully saturated rings. The van der Waals surface area contributed by atoms with Crippen molar-refractivity contribution in [1.82, 2.24) is 15.0 Å². The molecule has 0 aliphatic heterocycles.